The Kier molecular flexibility index (Phi) is 2.79. The van der Waals surface area contributed by atoms with Gasteiger partial charge in [-0.2, -0.15) is 8.57 Å². The number of nitrogens with zero attached hydrogens (tertiary/aromatic N) is 1. The van der Waals surface area contributed by atoms with E-state index >= 15 is 0 Å². The quantitative estimate of drug-likeness (QED) is 0.665. The van der Waals surface area contributed by atoms with Crippen LogP contribution in [0.1, 0.15) is 5.56 Å². The van der Waals surface area contributed by atoms with Gasteiger partial charge in [0.15, 0.2) is 0 Å². The van der Waals surface area contributed by atoms with Gasteiger partial charge in [0.1, 0.15) is 0 Å². The van der Waals surface area contributed by atoms with Gasteiger partial charge < -0.3 is 0 Å². The Morgan fingerprint density at radius 2 is 2.27 bits per heavy atom. The van der Waals surface area contributed by atoms with Crippen molar-refractivity contribution >= 4 is 28.8 Å². The Morgan fingerprint density at radius 3 is 2.82 bits per heavy atom. The molecule has 0 fully saturated rings. The van der Waals surface area contributed by atoms with Gasteiger partial charge in [-0.1, -0.05) is 11.6 Å². The number of aryl methyl sites for hydroxylation is 1. The largest absolute Gasteiger partial charge is 0.205 e. The van der Waals surface area contributed by atoms with Crippen LogP contribution >= 0.6 is 11.6 Å². The normalized spacial score (nSPS) is 9.27. The highest BCUT2D eigenvalue weighted by Crippen LogP contribution is 2.20. The van der Waals surface area contributed by atoms with Crippen LogP contribution in [0.4, 0.5) is 5.69 Å². The number of rotatable bonds is 1. The van der Waals surface area contributed by atoms with Crippen LogP contribution in [0, 0.1) is 6.92 Å². The molecular formula is C7H6ClNOS. The molecule has 0 amide bonds. The van der Waals surface area contributed by atoms with E-state index in [0.717, 1.165) is 5.56 Å². The van der Waals surface area contributed by atoms with Gasteiger partial charge in [-0.3, -0.25) is 0 Å². The maximum Gasteiger partial charge on any atom is 0.205 e. The third kappa shape index (κ3) is 2.13. The van der Waals surface area contributed by atoms with E-state index in [9.17, 15) is 4.21 Å². The van der Waals surface area contributed by atoms with Crippen LogP contribution in [-0.2, 0) is 11.5 Å². The summed E-state index contributed by atoms with van der Waals surface area (Å²) in [5, 5.41) is 0.694. The van der Waals surface area contributed by atoms with Crippen LogP contribution in [0.2, 0.25) is 5.02 Å². The molecule has 0 saturated carbocycles. The van der Waals surface area contributed by atoms with Crippen molar-refractivity contribution in [3.63, 3.8) is 0 Å². The number of hydrogen-bond donors (Lipinski definition) is 0. The molecule has 11 heavy (non-hydrogen) atoms. The van der Waals surface area contributed by atoms with Crippen molar-refractivity contribution in [2.24, 2.45) is 4.36 Å². The van der Waals surface area contributed by atoms with E-state index in [1.165, 1.54) is 0 Å². The molecule has 0 unspecified atom stereocenters. The SMILES string of the molecule is Cc1cc(N=S=O)ccc1Cl. The van der Waals surface area contributed by atoms with Gasteiger partial charge in [-0.25, -0.2) is 0 Å². The fraction of sp³-hybridized carbons (Fsp3) is 0.143. The van der Waals surface area contributed by atoms with Crippen molar-refractivity contribution in [2.75, 3.05) is 0 Å². The zero-order chi connectivity index (χ0) is 8.27. The molecule has 1 aromatic rings. The topological polar surface area (TPSA) is 29.4 Å². The van der Waals surface area contributed by atoms with E-state index in [1.807, 2.05) is 6.92 Å². The van der Waals surface area contributed by atoms with Crippen LogP contribution < -0.4 is 0 Å². The standard InChI is InChI=1S/C7H6ClNOS/c1-5-4-6(9-11-10)2-3-7(5)8/h2-4H,1H3. The highest BCUT2D eigenvalue weighted by molar-refractivity contribution is 7.54. The Balaban J connectivity index is 3.14. The first-order valence-electron chi connectivity index (χ1n) is 3.00. The number of halogens is 1. The molecule has 0 atom stereocenters. The summed E-state index contributed by atoms with van der Waals surface area (Å²) in [4.78, 5) is 0. The molecule has 0 heterocycles. The van der Waals surface area contributed by atoms with Crippen molar-refractivity contribution in [1.29, 1.82) is 0 Å². The summed E-state index contributed by atoms with van der Waals surface area (Å²) in [5.74, 6) is 0. The minimum Gasteiger partial charge on any atom is -0.191 e. The first-order valence-corrected chi connectivity index (χ1v) is 4.08. The van der Waals surface area contributed by atoms with E-state index in [1.54, 1.807) is 18.2 Å². The maximum absolute atomic E-state index is 10.0. The van der Waals surface area contributed by atoms with Gasteiger partial charge in [-0.05, 0) is 30.7 Å². The molecule has 0 aliphatic heterocycles. The highest BCUT2D eigenvalue weighted by Gasteiger charge is 1.94. The summed E-state index contributed by atoms with van der Waals surface area (Å²) in [5.41, 5.74) is 1.59. The van der Waals surface area contributed by atoms with Crippen LogP contribution in [0.5, 0.6) is 0 Å². The molecule has 0 aromatic heterocycles. The summed E-state index contributed by atoms with van der Waals surface area (Å²) >= 11 is 5.96. The predicted octanol–water partition coefficient (Wildman–Crippen LogP) is 2.68. The number of hydrogen-bond acceptors (Lipinski definition) is 2. The van der Waals surface area contributed by atoms with Crippen molar-refractivity contribution in [3.05, 3.63) is 28.8 Å². The monoisotopic (exact) mass is 187 g/mol. The van der Waals surface area contributed by atoms with Crippen LogP contribution in [0.15, 0.2) is 22.6 Å². The number of benzene rings is 1. The minimum absolute atomic E-state index is 0.201. The van der Waals surface area contributed by atoms with E-state index in [-0.39, 0.29) is 11.5 Å². The average molecular weight is 188 g/mol. The first-order chi connectivity index (χ1) is 5.24. The van der Waals surface area contributed by atoms with Crippen LogP contribution in [0.25, 0.3) is 0 Å². The minimum atomic E-state index is 0.201. The molecule has 0 aliphatic carbocycles. The Hall–Kier alpha value is -0.670. The molecule has 0 aliphatic rings. The lowest BCUT2D eigenvalue weighted by atomic mass is 10.2. The lowest BCUT2D eigenvalue weighted by Crippen LogP contribution is -1.72. The van der Waals surface area contributed by atoms with E-state index in [0.29, 0.717) is 10.7 Å². The summed E-state index contributed by atoms with van der Waals surface area (Å²) in [6, 6.07) is 5.21. The van der Waals surface area contributed by atoms with Gasteiger partial charge >= 0.3 is 0 Å². The van der Waals surface area contributed by atoms with Gasteiger partial charge in [0.2, 0.25) is 11.5 Å². The van der Waals surface area contributed by atoms with E-state index in [4.69, 9.17) is 11.6 Å². The summed E-state index contributed by atoms with van der Waals surface area (Å²) in [6.45, 7) is 1.87. The average Bonchev–Trinajstić information content (AvgIpc) is 1.98. The third-order valence-corrected chi connectivity index (χ3v) is 1.99. The third-order valence-electron chi connectivity index (χ3n) is 1.28. The van der Waals surface area contributed by atoms with Crippen molar-refractivity contribution in [1.82, 2.24) is 0 Å². The molecule has 0 bridgehead atoms. The van der Waals surface area contributed by atoms with Gasteiger partial charge in [0, 0.05) is 5.02 Å². The highest BCUT2D eigenvalue weighted by atomic mass is 35.5. The second-order valence-electron chi connectivity index (χ2n) is 2.10. The van der Waals surface area contributed by atoms with E-state index < -0.39 is 0 Å². The Bertz CT molecular complexity index is 320. The van der Waals surface area contributed by atoms with E-state index in [2.05, 4.69) is 4.36 Å². The fourth-order valence-corrected chi connectivity index (χ4v) is 1.05. The van der Waals surface area contributed by atoms with Gasteiger partial charge in [0.05, 0.1) is 5.69 Å². The molecule has 4 heteroatoms. The van der Waals surface area contributed by atoms with Crippen molar-refractivity contribution < 1.29 is 4.21 Å². The molecular weight excluding hydrogens is 182 g/mol. The second-order valence-corrected chi connectivity index (χ2v) is 2.84. The summed E-state index contributed by atoms with van der Waals surface area (Å²) in [7, 11) is 0. The molecule has 0 saturated heterocycles. The molecule has 1 rings (SSSR count). The maximum atomic E-state index is 10.0. The lowest BCUT2D eigenvalue weighted by Gasteiger charge is -1.95. The molecule has 58 valence electrons. The Labute approximate surface area is 73.4 Å². The van der Waals surface area contributed by atoms with Crippen LogP contribution in [-0.4, -0.2) is 4.21 Å². The van der Waals surface area contributed by atoms with Crippen molar-refractivity contribution in [3.8, 4) is 0 Å². The zero-order valence-electron chi connectivity index (χ0n) is 5.87. The molecule has 1 aromatic carbocycles. The summed E-state index contributed by atoms with van der Waals surface area (Å²) < 4.78 is 13.6. The van der Waals surface area contributed by atoms with Gasteiger partial charge in [-0.15, -0.1) is 0 Å². The predicted molar refractivity (Wildman–Crippen MR) is 46.4 cm³/mol. The molecule has 0 radical (unpaired) electrons. The van der Waals surface area contributed by atoms with Gasteiger partial charge in [0.25, 0.3) is 0 Å². The second kappa shape index (κ2) is 3.64. The zero-order valence-corrected chi connectivity index (χ0v) is 7.45. The lowest BCUT2D eigenvalue weighted by molar-refractivity contribution is 0.698. The first kappa shape index (κ1) is 8.43. The molecule has 0 spiro atoms. The Morgan fingerprint density at radius 1 is 1.55 bits per heavy atom. The molecule has 0 N–H and O–H groups in total. The summed E-state index contributed by atoms with van der Waals surface area (Å²) in [6.07, 6.45) is 0. The smallest absolute Gasteiger partial charge is 0.191 e. The van der Waals surface area contributed by atoms with Crippen LogP contribution in [0.3, 0.4) is 0 Å². The molecule has 2 nitrogen and oxygen atoms in total. The fourth-order valence-electron chi connectivity index (χ4n) is 0.729. The van der Waals surface area contributed by atoms with Crippen molar-refractivity contribution in [2.45, 2.75) is 6.92 Å².